The zero-order chi connectivity index (χ0) is 17.0. The number of nitrogens with one attached hydrogen (secondary N) is 1. The Bertz CT molecular complexity index is 669. The Morgan fingerprint density at radius 2 is 1.71 bits per heavy atom. The van der Waals surface area contributed by atoms with Gasteiger partial charge in [0.05, 0.1) is 11.6 Å². The fraction of sp³-hybridized carbons (Fsp3) is 0.381. The van der Waals surface area contributed by atoms with E-state index in [1.807, 2.05) is 55.5 Å². The molecule has 0 aliphatic heterocycles. The van der Waals surface area contributed by atoms with E-state index in [0.29, 0.717) is 0 Å². The molecule has 0 unspecified atom stereocenters. The molecular formula is C21H25NOS. The van der Waals surface area contributed by atoms with Crippen LogP contribution in [0.5, 0.6) is 0 Å². The summed E-state index contributed by atoms with van der Waals surface area (Å²) in [4.78, 5) is 0.742. The van der Waals surface area contributed by atoms with Crippen LogP contribution in [-0.4, -0.2) is 15.7 Å². The van der Waals surface area contributed by atoms with E-state index in [-0.39, 0.29) is 12.0 Å². The van der Waals surface area contributed by atoms with Gasteiger partial charge < -0.3 is 10.4 Å². The minimum absolute atomic E-state index is 0.0224. The van der Waals surface area contributed by atoms with Gasteiger partial charge in [-0.1, -0.05) is 85.7 Å². The van der Waals surface area contributed by atoms with Crippen molar-refractivity contribution >= 4 is 17.2 Å². The lowest BCUT2D eigenvalue weighted by atomic mass is 9.71. The van der Waals surface area contributed by atoms with Gasteiger partial charge in [-0.15, -0.1) is 0 Å². The Morgan fingerprint density at radius 1 is 1.08 bits per heavy atom. The van der Waals surface area contributed by atoms with Gasteiger partial charge in [0.2, 0.25) is 0 Å². The summed E-state index contributed by atoms with van der Waals surface area (Å²) in [5.41, 5.74) is 1.53. The number of aliphatic hydroxyl groups is 1. The number of hydrogen-bond acceptors (Lipinski definition) is 2. The van der Waals surface area contributed by atoms with E-state index >= 15 is 0 Å². The molecule has 3 heteroatoms. The van der Waals surface area contributed by atoms with Crippen LogP contribution in [0.3, 0.4) is 0 Å². The molecule has 0 bridgehead atoms. The van der Waals surface area contributed by atoms with Gasteiger partial charge in [-0.3, -0.25) is 0 Å². The van der Waals surface area contributed by atoms with Crippen molar-refractivity contribution < 1.29 is 5.11 Å². The first-order valence-electron chi connectivity index (χ1n) is 8.71. The van der Waals surface area contributed by atoms with E-state index in [0.717, 1.165) is 36.2 Å². The fourth-order valence-corrected chi connectivity index (χ4v) is 4.02. The van der Waals surface area contributed by atoms with Crippen molar-refractivity contribution in [2.24, 2.45) is 5.92 Å². The zero-order valence-electron chi connectivity index (χ0n) is 14.1. The maximum Gasteiger partial charge on any atom is 0.107 e. The molecule has 2 aromatic carbocycles. The van der Waals surface area contributed by atoms with Crippen molar-refractivity contribution in [1.29, 1.82) is 0 Å². The Kier molecular flexibility index (Phi) is 5.32. The van der Waals surface area contributed by atoms with Gasteiger partial charge in [-0.05, 0) is 25.3 Å². The SMILES string of the molecule is C[C@@]1(O)CCCC[C@H]1[C@@H](NC(=S)c1ccccc1)c1ccccc1. The maximum atomic E-state index is 11.0. The molecule has 2 N–H and O–H groups in total. The summed E-state index contributed by atoms with van der Waals surface area (Å²) >= 11 is 5.65. The van der Waals surface area contributed by atoms with E-state index < -0.39 is 5.60 Å². The minimum atomic E-state index is -0.669. The smallest absolute Gasteiger partial charge is 0.107 e. The highest BCUT2D eigenvalue weighted by Crippen LogP contribution is 2.41. The lowest BCUT2D eigenvalue weighted by Gasteiger charge is -2.42. The molecule has 0 amide bonds. The van der Waals surface area contributed by atoms with Crippen LogP contribution in [0, 0.1) is 5.92 Å². The Hall–Kier alpha value is -1.71. The topological polar surface area (TPSA) is 32.3 Å². The molecule has 1 saturated carbocycles. The van der Waals surface area contributed by atoms with E-state index in [1.165, 1.54) is 5.56 Å². The van der Waals surface area contributed by atoms with Crippen LogP contribution in [-0.2, 0) is 0 Å². The molecule has 1 aliphatic carbocycles. The van der Waals surface area contributed by atoms with Crippen molar-refractivity contribution in [2.45, 2.75) is 44.2 Å². The number of hydrogen-bond donors (Lipinski definition) is 2. The monoisotopic (exact) mass is 339 g/mol. The standard InChI is InChI=1S/C21H25NOS/c1-21(23)15-9-8-14-18(21)19(16-10-4-2-5-11-16)22-20(24)17-12-6-3-7-13-17/h2-7,10-13,18-19,23H,8-9,14-15H2,1H3,(H,22,24)/t18-,19-,21+/m0/s1. The van der Waals surface area contributed by atoms with Crippen LogP contribution in [0.1, 0.15) is 49.8 Å². The molecule has 3 atom stereocenters. The van der Waals surface area contributed by atoms with Crippen molar-refractivity contribution in [3.8, 4) is 0 Å². The molecule has 1 aliphatic rings. The van der Waals surface area contributed by atoms with E-state index in [2.05, 4.69) is 17.4 Å². The second-order valence-electron chi connectivity index (χ2n) is 6.94. The second-order valence-corrected chi connectivity index (χ2v) is 7.35. The summed E-state index contributed by atoms with van der Waals surface area (Å²) in [6.45, 7) is 1.97. The van der Waals surface area contributed by atoms with Crippen LogP contribution in [0.25, 0.3) is 0 Å². The van der Waals surface area contributed by atoms with Crippen molar-refractivity contribution in [3.63, 3.8) is 0 Å². The van der Waals surface area contributed by atoms with Gasteiger partial charge in [0.15, 0.2) is 0 Å². The molecular weight excluding hydrogens is 314 g/mol. The summed E-state index contributed by atoms with van der Waals surface area (Å²) in [6.07, 6.45) is 4.11. The van der Waals surface area contributed by atoms with Crippen molar-refractivity contribution in [3.05, 3.63) is 71.8 Å². The highest BCUT2D eigenvalue weighted by Gasteiger charge is 2.40. The average molecular weight is 340 g/mol. The third-order valence-corrected chi connectivity index (χ3v) is 5.48. The molecule has 24 heavy (non-hydrogen) atoms. The van der Waals surface area contributed by atoms with Crippen molar-refractivity contribution in [2.75, 3.05) is 0 Å². The summed E-state index contributed by atoms with van der Waals surface area (Å²) in [5, 5.41) is 14.5. The number of benzene rings is 2. The Morgan fingerprint density at radius 3 is 2.33 bits per heavy atom. The van der Waals surface area contributed by atoms with Gasteiger partial charge in [-0.2, -0.15) is 0 Å². The zero-order valence-corrected chi connectivity index (χ0v) is 14.9. The van der Waals surface area contributed by atoms with Crippen LogP contribution >= 0.6 is 12.2 Å². The summed E-state index contributed by atoms with van der Waals surface area (Å²) in [6, 6.07) is 20.4. The van der Waals surface area contributed by atoms with Crippen LogP contribution in [0.15, 0.2) is 60.7 Å². The normalized spacial score (nSPS) is 25.0. The van der Waals surface area contributed by atoms with Gasteiger partial charge in [0.1, 0.15) is 4.99 Å². The molecule has 2 nitrogen and oxygen atoms in total. The molecule has 0 heterocycles. The maximum absolute atomic E-state index is 11.0. The predicted molar refractivity (Wildman–Crippen MR) is 103 cm³/mol. The third-order valence-electron chi connectivity index (χ3n) is 5.13. The third kappa shape index (κ3) is 3.85. The molecule has 126 valence electrons. The van der Waals surface area contributed by atoms with Gasteiger partial charge in [-0.25, -0.2) is 0 Å². The first-order chi connectivity index (χ1) is 11.6. The lowest BCUT2D eigenvalue weighted by Crippen LogP contribution is -2.46. The Balaban J connectivity index is 1.89. The lowest BCUT2D eigenvalue weighted by molar-refractivity contribution is -0.0448. The first kappa shape index (κ1) is 17.1. The highest BCUT2D eigenvalue weighted by molar-refractivity contribution is 7.80. The molecule has 1 fully saturated rings. The molecule has 2 aromatic rings. The molecule has 0 radical (unpaired) electrons. The second kappa shape index (κ2) is 7.45. The summed E-state index contributed by atoms with van der Waals surface area (Å²) in [7, 11) is 0. The van der Waals surface area contributed by atoms with Crippen molar-refractivity contribution in [1.82, 2.24) is 5.32 Å². The summed E-state index contributed by atoms with van der Waals surface area (Å²) in [5.74, 6) is 0.148. The molecule has 0 spiro atoms. The fourth-order valence-electron chi connectivity index (χ4n) is 3.76. The average Bonchev–Trinajstić information content (AvgIpc) is 2.61. The van der Waals surface area contributed by atoms with Gasteiger partial charge in [0, 0.05) is 11.5 Å². The largest absolute Gasteiger partial charge is 0.390 e. The number of thiocarbonyl (C=S) groups is 1. The van der Waals surface area contributed by atoms with Crippen LogP contribution in [0.4, 0.5) is 0 Å². The first-order valence-corrected chi connectivity index (χ1v) is 9.12. The predicted octanol–water partition coefficient (Wildman–Crippen LogP) is 4.63. The van der Waals surface area contributed by atoms with Crippen LogP contribution in [0.2, 0.25) is 0 Å². The van der Waals surface area contributed by atoms with E-state index in [1.54, 1.807) is 0 Å². The summed E-state index contributed by atoms with van der Waals surface area (Å²) < 4.78 is 0. The molecule has 3 rings (SSSR count). The Labute approximate surface area is 149 Å². The molecule has 0 saturated heterocycles. The minimum Gasteiger partial charge on any atom is -0.390 e. The van der Waals surface area contributed by atoms with Crippen LogP contribution < -0.4 is 5.32 Å². The van der Waals surface area contributed by atoms with Gasteiger partial charge >= 0.3 is 0 Å². The van der Waals surface area contributed by atoms with E-state index in [4.69, 9.17) is 12.2 Å². The molecule has 0 aromatic heterocycles. The van der Waals surface area contributed by atoms with Gasteiger partial charge in [0.25, 0.3) is 0 Å². The highest BCUT2D eigenvalue weighted by atomic mass is 32.1. The number of rotatable bonds is 4. The quantitative estimate of drug-likeness (QED) is 0.796. The van der Waals surface area contributed by atoms with E-state index in [9.17, 15) is 5.11 Å².